The molecule has 0 saturated heterocycles. The molecule has 0 aromatic heterocycles. The van der Waals surface area contributed by atoms with Gasteiger partial charge < -0.3 is 0 Å². The second-order valence-corrected chi connectivity index (χ2v) is 9.38. The molecule has 3 aliphatic carbocycles. The maximum Gasteiger partial charge on any atom is 0.134 e. The lowest BCUT2D eigenvalue weighted by atomic mass is 9.63. The quantitative estimate of drug-likeness (QED) is 0.511. The molecule has 3 rings (SSSR count). The summed E-state index contributed by atoms with van der Waals surface area (Å²) in [4.78, 5) is 0. The van der Waals surface area contributed by atoms with Crippen LogP contribution in [0.4, 0.5) is 8.78 Å². The molecule has 140 valence electrons. The molecule has 4 unspecified atom stereocenters. The second kappa shape index (κ2) is 8.49. The summed E-state index contributed by atoms with van der Waals surface area (Å²) < 4.78 is 29.9. The standard InChI is InChI=1S/C22H38F2/c1-3-4-16-7-11-18(12-8-16)20-14-13-19(21(23)22(20)24)17-9-5-15(2)6-10-17/h15-22H,3-14H2,1-2H3. The first-order valence-electron chi connectivity index (χ1n) is 10.9. The Balaban J connectivity index is 1.52. The predicted octanol–water partition coefficient (Wildman–Crippen LogP) is 7.12. The lowest BCUT2D eigenvalue weighted by Crippen LogP contribution is -2.45. The number of halogens is 2. The summed E-state index contributed by atoms with van der Waals surface area (Å²) in [5.41, 5.74) is 0. The fourth-order valence-electron chi connectivity index (χ4n) is 6.19. The van der Waals surface area contributed by atoms with E-state index in [9.17, 15) is 8.78 Å². The molecule has 0 radical (unpaired) electrons. The SMILES string of the molecule is CCCC1CCC(C2CCC(C3CCC(C)CC3)C(F)C2F)CC1. The first kappa shape index (κ1) is 18.6. The van der Waals surface area contributed by atoms with Crippen LogP contribution in [0.1, 0.15) is 90.9 Å². The molecule has 0 N–H and O–H groups in total. The fourth-order valence-corrected chi connectivity index (χ4v) is 6.19. The van der Waals surface area contributed by atoms with E-state index in [1.54, 1.807) is 0 Å². The highest BCUT2D eigenvalue weighted by Gasteiger charge is 2.46. The topological polar surface area (TPSA) is 0 Å². The molecular weight excluding hydrogens is 302 g/mol. The summed E-state index contributed by atoms with van der Waals surface area (Å²) in [6.07, 6.45) is 11.6. The Kier molecular flexibility index (Phi) is 6.60. The van der Waals surface area contributed by atoms with Gasteiger partial charge in [0.2, 0.25) is 0 Å². The van der Waals surface area contributed by atoms with Crippen molar-refractivity contribution in [3.63, 3.8) is 0 Å². The van der Waals surface area contributed by atoms with Crippen LogP contribution in [-0.4, -0.2) is 12.3 Å². The van der Waals surface area contributed by atoms with Gasteiger partial charge in [0.25, 0.3) is 0 Å². The van der Waals surface area contributed by atoms with Gasteiger partial charge in [-0.05, 0) is 74.0 Å². The Morgan fingerprint density at radius 2 is 1.12 bits per heavy atom. The second-order valence-electron chi connectivity index (χ2n) is 9.38. The summed E-state index contributed by atoms with van der Waals surface area (Å²) in [5.74, 6) is 2.58. The molecule has 0 amide bonds. The van der Waals surface area contributed by atoms with Gasteiger partial charge in [0.1, 0.15) is 12.3 Å². The average molecular weight is 341 g/mol. The summed E-state index contributed by atoms with van der Waals surface area (Å²) in [7, 11) is 0. The van der Waals surface area contributed by atoms with Crippen LogP contribution in [0.25, 0.3) is 0 Å². The van der Waals surface area contributed by atoms with E-state index in [2.05, 4.69) is 13.8 Å². The van der Waals surface area contributed by atoms with Gasteiger partial charge in [-0.25, -0.2) is 8.78 Å². The summed E-state index contributed by atoms with van der Waals surface area (Å²) in [6, 6.07) is 0. The van der Waals surface area contributed by atoms with Crippen LogP contribution in [0.2, 0.25) is 0 Å². The van der Waals surface area contributed by atoms with Crippen molar-refractivity contribution in [1.82, 2.24) is 0 Å². The van der Waals surface area contributed by atoms with E-state index >= 15 is 0 Å². The first-order chi connectivity index (χ1) is 11.6. The van der Waals surface area contributed by atoms with E-state index in [1.807, 2.05) is 0 Å². The largest absolute Gasteiger partial charge is 0.244 e. The Hall–Kier alpha value is -0.140. The van der Waals surface area contributed by atoms with Crippen molar-refractivity contribution in [2.45, 2.75) is 103 Å². The van der Waals surface area contributed by atoms with Crippen LogP contribution in [0.5, 0.6) is 0 Å². The highest BCUT2D eigenvalue weighted by atomic mass is 19.2. The Morgan fingerprint density at radius 1 is 0.667 bits per heavy atom. The van der Waals surface area contributed by atoms with Gasteiger partial charge in [-0.1, -0.05) is 52.4 Å². The molecular formula is C22H38F2. The zero-order chi connectivity index (χ0) is 17.1. The number of rotatable bonds is 4. The summed E-state index contributed by atoms with van der Waals surface area (Å²) in [6.45, 7) is 4.55. The molecule has 0 spiro atoms. The van der Waals surface area contributed by atoms with Gasteiger partial charge in [0, 0.05) is 0 Å². The highest BCUT2D eigenvalue weighted by molar-refractivity contribution is 4.95. The molecule has 0 aliphatic heterocycles. The maximum absolute atomic E-state index is 15.0. The van der Waals surface area contributed by atoms with Crippen LogP contribution in [-0.2, 0) is 0 Å². The normalized spacial score (nSPS) is 47.5. The van der Waals surface area contributed by atoms with Crippen LogP contribution < -0.4 is 0 Å². The van der Waals surface area contributed by atoms with Crippen molar-refractivity contribution in [1.29, 1.82) is 0 Å². The van der Waals surface area contributed by atoms with Crippen LogP contribution in [0.15, 0.2) is 0 Å². The Labute approximate surface area is 148 Å². The number of hydrogen-bond acceptors (Lipinski definition) is 0. The van der Waals surface area contributed by atoms with Crippen molar-refractivity contribution >= 4 is 0 Å². The molecule has 3 aliphatic rings. The first-order valence-corrected chi connectivity index (χ1v) is 10.9. The van der Waals surface area contributed by atoms with Gasteiger partial charge in [0.05, 0.1) is 0 Å². The van der Waals surface area contributed by atoms with Gasteiger partial charge in [-0.2, -0.15) is 0 Å². The van der Waals surface area contributed by atoms with Crippen LogP contribution in [0.3, 0.4) is 0 Å². The van der Waals surface area contributed by atoms with Crippen molar-refractivity contribution in [3.05, 3.63) is 0 Å². The number of hydrogen-bond donors (Lipinski definition) is 0. The summed E-state index contributed by atoms with van der Waals surface area (Å²) in [5, 5.41) is 0. The Morgan fingerprint density at radius 3 is 1.58 bits per heavy atom. The Bertz CT molecular complexity index is 366. The van der Waals surface area contributed by atoms with E-state index < -0.39 is 12.3 Å². The fraction of sp³-hybridized carbons (Fsp3) is 1.00. The van der Waals surface area contributed by atoms with Crippen molar-refractivity contribution in [3.8, 4) is 0 Å². The van der Waals surface area contributed by atoms with Crippen molar-refractivity contribution < 1.29 is 8.78 Å². The smallest absolute Gasteiger partial charge is 0.134 e. The predicted molar refractivity (Wildman–Crippen MR) is 97.5 cm³/mol. The third-order valence-corrected chi connectivity index (χ3v) is 7.82. The van der Waals surface area contributed by atoms with Crippen molar-refractivity contribution in [2.75, 3.05) is 0 Å². The lowest BCUT2D eigenvalue weighted by molar-refractivity contribution is -0.0365. The maximum atomic E-state index is 15.0. The minimum absolute atomic E-state index is 0.0141. The highest BCUT2D eigenvalue weighted by Crippen LogP contribution is 2.48. The molecule has 24 heavy (non-hydrogen) atoms. The lowest BCUT2D eigenvalue weighted by Gasteiger charge is -2.44. The molecule has 0 heterocycles. The van der Waals surface area contributed by atoms with Crippen LogP contribution in [0, 0.1) is 35.5 Å². The zero-order valence-electron chi connectivity index (χ0n) is 15.9. The molecule has 3 fully saturated rings. The molecule has 2 heteroatoms. The van der Waals surface area contributed by atoms with E-state index in [4.69, 9.17) is 0 Å². The third-order valence-electron chi connectivity index (χ3n) is 7.82. The molecule has 0 bridgehead atoms. The third kappa shape index (κ3) is 4.15. The monoisotopic (exact) mass is 340 g/mol. The summed E-state index contributed by atoms with van der Waals surface area (Å²) >= 11 is 0. The van der Waals surface area contributed by atoms with Gasteiger partial charge in [-0.3, -0.25) is 0 Å². The average Bonchev–Trinajstić information content (AvgIpc) is 2.59. The van der Waals surface area contributed by atoms with Gasteiger partial charge in [-0.15, -0.1) is 0 Å². The van der Waals surface area contributed by atoms with E-state index in [0.717, 1.165) is 50.4 Å². The number of alkyl halides is 2. The molecule has 3 saturated carbocycles. The molecule has 0 nitrogen and oxygen atoms in total. The molecule has 0 aromatic rings. The molecule has 4 atom stereocenters. The minimum Gasteiger partial charge on any atom is -0.244 e. The van der Waals surface area contributed by atoms with Crippen LogP contribution >= 0.6 is 0 Å². The van der Waals surface area contributed by atoms with E-state index in [-0.39, 0.29) is 11.8 Å². The minimum atomic E-state index is -1.18. The van der Waals surface area contributed by atoms with Gasteiger partial charge >= 0.3 is 0 Å². The molecule has 0 aromatic carbocycles. The van der Waals surface area contributed by atoms with Crippen molar-refractivity contribution in [2.24, 2.45) is 35.5 Å². The van der Waals surface area contributed by atoms with Gasteiger partial charge in [0.15, 0.2) is 0 Å². The zero-order valence-corrected chi connectivity index (χ0v) is 15.9. The van der Waals surface area contributed by atoms with E-state index in [1.165, 1.54) is 38.5 Å². The van der Waals surface area contributed by atoms with E-state index in [0.29, 0.717) is 11.8 Å².